The van der Waals surface area contributed by atoms with Crippen molar-refractivity contribution < 1.29 is 0 Å². The number of aryl methyl sites for hydroxylation is 1. The lowest BCUT2D eigenvalue weighted by Crippen LogP contribution is -2.26. The molecule has 0 aliphatic carbocycles. The molecule has 108 valence electrons. The molecule has 5 heteroatoms. The number of aromatic nitrogens is 4. The summed E-state index contributed by atoms with van der Waals surface area (Å²) in [6, 6.07) is 6.31. The first-order chi connectivity index (χ1) is 9.50. The number of benzene rings is 1. The Bertz CT molecular complexity index is 573. The molecule has 0 aliphatic rings. The van der Waals surface area contributed by atoms with Crippen molar-refractivity contribution in [3.8, 4) is 5.69 Å². The molecule has 0 spiro atoms. The molecule has 1 heterocycles. The van der Waals surface area contributed by atoms with E-state index in [9.17, 15) is 0 Å². The third kappa shape index (κ3) is 3.04. The second kappa shape index (κ2) is 6.13. The number of hydrogen-bond donors (Lipinski definition) is 1. The van der Waals surface area contributed by atoms with E-state index in [2.05, 4.69) is 67.6 Å². The fourth-order valence-corrected chi connectivity index (χ4v) is 2.10. The molecule has 1 N–H and O–H groups in total. The largest absolute Gasteiger partial charge is 0.307 e. The fourth-order valence-electron chi connectivity index (χ4n) is 2.10. The molecule has 1 atom stereocenters. The van der Waals surface area contributed by atoms with Crippen LogP contribution in [-0.4, -0.2) is 26.8 Å². The van der Waals surface area contributed by atoms with Crippen LogP contribution in [0.25, 0.3) is 5.69 Å². The van der Waals surface area contributed by atoms with Gasteiger partial charge in [-0.05, 0) is 60.9 Å². The van der Waals surface area contributed by atoms with Crippen molar-refractivity contribution in [3.63, 3.8) is 0 Å². The first-order valence-corrected chi connectivity index (χ1v) is 7.09. The van der Waals surface area contributed by atoms with E-state index in [1.807, 2.05) is 10.7 Å². The Morgan fingerprint density at radius 3 is 2.65 bits per heavy atom. The molecule has 1 aromatic carbocycles. The van der Waals surface area contributed by atoms with Crippen molar-refractivity contribution in [2.45, 2.75) is 40.7 Å². The monoisotopic (exact) mass is 273 g/mol. The first-order valence-electron chi connectivity index (χ1n) is 7.09. The van der Waals surface area contributed by atoms with Crippen LogP contribution < -0.4 is 5.32 Å². The van der Waals surface area contributed by atoms with E-state index in [4.69, 9.17) is 0 Å². The zero-order valence-corrected chi connectivity index (χ0v) is 12.9. The average molecular weight is 273 g/mol. The second-order valence-corrected chi connectivity index (χ2v) is 5.69. The molecule has 0 amide bonds. The Morgan fingerprint density at radius 2 is 1.95 bits per heavy atom. The van der Waals surface area contributed by atoms with Gasteiger partial charge in [-0.2, -0.15) is 4.68 Å². The van der Waals surface area contributed by atoms with Crippen LogP contribution in [-0.2, 0) is 0 Å². The van der Waals surface area contributed by atoms with Gasteiger partial charge < -0.3 is 5.32 Å². The van der Waals surface area contributed by atoms with Crippen LogP contribution in [0.2, 0.25) is 0 Å². The van der Waals surface area contributed by atoms with Crippen molar-refractivity contribution in [1.29, 1.82) is 0 Å². The highest BCUT2D eigenvalue weighted by molar-refractivity contribution is 5.44. The molecular formula is C15H23N5. The summed E-state index contributed by atoms with van der Waals surface area (Å²) >= 11 is 0. The van der Waals surface area contributed by atoms with Crippen molar-refractivity contribution >= 4 is 0 Å². The van der Waals surface area contributed by atoms with Crippen LogP contribution in [0.15, 0.2) is 18.2 Å². The Balaban J connectivity index is 2.30. The summed E-state index contributed by atoms with van der Waals surface area (Å²) < 4.78 is 1.83. The van der Waals surface area contributed by atoms with Crippen molar-refractivity contribution in [2.75, 3.05) is 6.54 Å². The Labute approximate surface area is 120 Å². The zero-order valence-electron chi connectivity index (χ0n) is 12.9. The molecule has 2 aromatic rings. The fraction of sp³-hybridized carbons (Fsp3) is 0.533. The summed E-state index contributed by atoms with van der Waals surface area (Å²) in [5.41, 5.74) is 3.49. The molecule has 0 fully saturated rings. The van der Waals surface area contributed by atoms with E-state index in [-0.39, 0.29) is 6.04 Å². The van der Waals surface area contributed by atoms with Crippen LogP contribution in [0.3, 0.4) is 0 Å². The van der Waals surface area contributed by atoms with E-state index in [0.717, 1.165) is 18.1 Å². The van der Waals surface area contributed by atoms with Gasteiger partial charge >= 0.3 is 0 Å². The quantitative estimate of drug-likeness (QED) is 0.909. The smallest absolute Gasteiger partial charge is 0.173 e. The zero-order chi connectivity index (χ0) is 14.7. The normalized spacial score (nSPS) is 12.9. The summed E-state index contributed by atoms with van der Waals surface area (Å²) in [7, 11) is 0. The molecule has 0 radical (unpaired) electrons. The summed E-state index contributed by atoms with van der Waals surface area (Å²) in [5.74, 6) is 1.45. The number of nitrogens with zero attached hydrogens (tertiary/aromatic N) is 4. The summed E-state index contributed by atoms with van der Waals surface area (Å²) in [6.07, 6.45) is 0. The van der Waals surface area contributed by atoms with E-state index >= 15 is 0 Å². The molecule has 20 heavy (non-hydrogen) atoms. The maximum atomic E-state index is 4.18. The predicted octanol–water partition coefficient (Wildman–Crippen LogP) is 2.59. The molecule has 0 aliphatic heterocycles. The highest BCUT2D eigenvalue weighted by Crippen LogP contribution is 2.19. The van der Waals surface area contributed by atoms with Gasteiger partial charge in [0.05, 0.1) is 11.7 Å². The number of hydrogen-bond acceptors (Lipinski definition) is 4. The molecule has 1 unspecified atom stereocenters. The summed E-state index contributed by atoms with van der Waals surface area (Å²) in [4.78, 5) is 0. The molecule has 1 aromatic heterocycles. The van der Waals surface area contributed by atoms with Crippen LogP contribution in [0, 0.1) is 19.8 Å². The lowest BCUT2D eigenvalue weighted by Gasteiger charge is -2.16. The van der Waals surface area contributed by atoms with Gasteiger partial charge in [-0.25, -0.2) is 0 Å². The topological polar surface area (TPSA) is 55.6 Å². The summed E-state index contributed by atoms with van der Waals surface area (Å²) in [6.45, 7) is 11.6. The van der Waals surface area contributed by atoms with E-state index in [1.54, 1.807) is 0 Å². The van der Waals surface area contributed by atoms with Gasteiger partial charge in [0.15, 0.2) is 5.82 Å². The van der Waals surface area contributed by atoms with E-state index in [0.29, 0.717) is 5.92 Å². The van der Waals surface area contributed by atoms with Crippen LogP contribution in [0.4, 0.5) is 0 Å². The van der Waals surface area contributed by atoms with Crippen molar-refractivity contribution in [1.82, 2.24) is 25.5 Å². The lowest BCUT2D eigenvalue weighted by atomic mass is 10.1. The van der Waals surface area contributed by atoms with Gasteiger partial charge in [-0.1, -0.05) is 26.0 Å². The van der Waals surface area contributed by atoms with E-state index in [1.165, 1.54) is 11.1 Å². The van der Waals surface area contributed by atoms with Gasteiger partial charge in [-0.15, -0.1) is 5.10 Å². The third-order valence-corrected chi connectivity index (χ3v) is 3.52. The van der Waals surface area contributed by atoms with E-state index < -0.39 is 0 Å². The van der Waals surface area contributed by atoms with Crippen molar-refractivity contribution in [3.05, 3.63) is 35.2 Å². The third-order valence-electron chi connectivity index (χ3n) is 3.52. The highest BCUT2D eigenvalue weighted by atomic mass is 15.5. The number of nitrogens with one attached hydrogen (secondary N) is 1. The minimum absolute atomic E-state index is 0.118. The van der Waals surface area contributed by atoms with Gasteiger partial charge in [0, 0.05) is 0 Å². The Morgan fingerprint density at radius 1 is 1.20 bits per heavy atom. The van der Waals surface area contributed by atoms with Gasteiger partial charge in [0.1, 0.15) is 0 Å². The molecule has 5 nitrogen and oxygen atoms in total. The van der Waals surface area contributed by atoms with Gasteiger partial charge in [0.25, 0.3) is 0 Å². The minimum Gasteiger partial charge on any atom is -0.307 e. The maximum Gasteiger partial charge on any atom is 0.173 e. The van der Waals surface area contributed by atoms with Gasteiger partial charge in [0.2, 0.25) is 0 Å². The van der Waals surface area contributed by atoms with Crippen molar-refractivity contribution in [2.24, 2.45) is 5.92 Å². The lowest BCUT2D eigenvalue weighted by molar-refractivity contribution is 0.474. The molecule has 0 saturated heterocycles. The first kappa shape index (κ1) is 14.7. The molecule has 2 rings (SSSR count). The molecule has 0 bridgehead atoms. The predicted molar refractivity (Wildman–Crippen MR) is 79.9 cm³/mol. The molecular weight excluding hydrogens is 250 g/mol. The number of tetrazole rings is 1. The SMILES string of the molecule is Cc1cccc(-n2nnnc2C(C)NCC(C)C)c1C. The summed E-state index contributed by atoms with van der Waals surface area (Å²) in [5, 5.41) is 15.6. The van der Waals surface area contributed by atoms with Crippen LogP contribution >= 0.6 is 0 Å². The standard InChI is InChI=1S/C15H23N5/c1-10(2)9-16-13(5)15-17-18-19-20(15)14-8-6-7-11(3)12(14)4/h6-8,10,13,16H,9H2,1-5H3. The van der Waals surface area contributed by atoms with Gasteiger partial charge in [-0.3, -0.25) is 0 Å². The minimum atomic E-state index is 0.118. The number of rotatable bonds is 5. The average Bonchev–Trinajstić information content (AvgIpc) is 2.88. The molecule has 0 saturated carbocycles. The maximum absolute atomic E-state index is 4.18. The highest BCUT2D eigenvalue weighted by Gasteiger charge is 2.17. The Hall–Kier alpha value is -1.75. The van der Waals surface area contributed by atoms with Crippen LogP contribution in [0.5, 0.6) is 0 Å². The second-order valence-electron chi connectivity index (χ2n) is 5.69. The van der Waals surface area contributed by atoms with Crippen LogP contribution in [0.1, 0.15) is 43.8 Å². The Kier molecular flexibility index (Phi) is 4.49.